The molecule has 0 aliphatic carbocycles. The Morgan fingerprint density at radius 2 is 2.06 bits per heavy atom. The van der Waals surface area contributed by atoms with Gasteiger partial charge in [0, 0.05) is 39.2 Å². The van der Waals surface area contributed by atoms with E-state index in [9.17, 15) is 9.18 Å². The van der Waals surface area contributed by atoms with Crippen LogP contribution in [0.1, 0.15) is 42.3 Å². The molecule has 0 fully saturated rings. The van der Waals surface area contributed by atoms with E-state index >= 15 is 4.39 Å². The molecule has 0 spiro atoms. The molecule has 2 heterocycles. The van der Waals surface area contributed by atoms with Gasteiger partial charge in [-0.25, -0.2) is 8.78 Å². The second-order valence-electron chi connectivity index (χ2n) is 8.35. The molecule has 4 nitrogen and oxygen atoms in total. The number of nitrogens with one attached hydrogen (secondary N) is 1. The zero-order valence-electron chi connectivity index (χ0n) is 17.9. The number of halogens is 3. The molecule has 1 aliphatic rings. The zero-order valence-corrected chi connectivity index (χ0v) is 19.5. The number of benzene rings is 2. The molecule has 0 bridgehead atoms. The minimum atomic E-state index is -0.446. The molecule has 0 unspecified atom stereocenters. The van der Waals surface area contributed by atoms with Crippen molar-refractivity contribution in [1.29, 1.82) is 0 Å². The molecule has 3 aromatic rings. The van der Waals surface area contributed by atoms with Crippen molar-refractivity contribution in [2.75, 3.05) is 13.7 Å². The van der Waals surface area contributed by atoms with Crippen LogP contribution in [0.4, 0.5) is 8.78 Å². The van der Waals surface area contributed by atoms with E-state index in [4.69, 9.17) is 4.74 Å². The Morgan fingerprint density at radius 3 is 2.77 bits per heavy atom. The summed E-state index contributed by atoms with van der Waals surface area (Å²) in [7, 11) is 1.37. The van der Waals surface area contributed by atoms with Crippen LogP contribution in [0.25, 0.3) is 10.9 Å². The maximum absolute atomic E-state index is 15.3. The van der Waals surface area contributed by atoms with E-state index in [0.29, 0.717) is 18.5 Å². The van der Waals surface area contributed by atoms with Gasteiger partial charge in [-0.15, -0.1) is 0 Å². The minimum Gasteiger partial charge on any atom is -0.469 e. The number of aromatic amines is 1. The summed E-state index contributed by atoms with van der Waals surface area (Å²) in [4.78, 5) is 17.7. The van der Waals surface area contributed by atoms with Gasteiger partial charge in [0.25, 0.3) is 0 Å². The van der Waals surface area contributed by atoms with Crippen LogP contribution >= 0.6 is 15.9 Å². The maximum atomic E-state index is 15.3. The third kappa shape index (κ3) is 3.78. The Hall–Kier alpha value is -2.25. The fourth-order valence-corrected chi connectivity index (χ4v) is 5.06. The van der Waals surface area contributed by atoms with Gasteiger partial charge >= 0.3 is 5.97 Å². The molecule has 1 aromatic heterocycles. The summed E-state index contributed by atoms with van der Waals surface area (Å²) in [6.45, 7) is 6.16. The Kier molecular flexibility index (Phi) is 5.92. The standard InChI is InChI=1S/C24H25BrF2N2O2/c1-12(24(30)31-4)11-29-13(2)9-17-16-10-15(26)5-8-20(16)28-22(17)23(29)21-14(3)18(25)6-7-19(21)27/h5-8,10,12-13,23,28H,9,11H2,1-4H3/t12-,13-,23-/m1/s1. The smallest absolute Gasteiger partial charge is 0.309 e. The number of ether oxygens (including phenoxy) is 1. The van der Waals surface area contributed by atoms with Crippen LogP contribution in [-0.2, 0) is 16.0 Å². The van der Waals surface area contributed by atoms with Crippen molar-refractivity contribution >= 4 is 32.8 Å². The van der Waals surface area contributed by atoms with Gasteiger partial charge in [0.05, 0.1) is 19.1 Å². The lowest BCUT2D eigenvalue weighted by atomic mass is 9.86. The Bertz CT molecular complexity index is 1160. The quantitative estimate of drug-likeness (QED) is 0.479. The molecule has 31 heavy (non-hydrogen) atoms. The Balaban J connectivity index is 1.94. The molecule has 164 valence electrons. The van der Waals surface area contributed by atoms with Crippen LogP contribution in [0, 0.1) is 24.5 Å². The number of methoxy groups -OCH3 is 1. The summed E-state index contributed by atoms with van der Waals surface area (Å²) >= 11 is 3.53. The first-order valence-electron chi connectivity index (χ1n) is 10.3. The summed E-state index contributed by atoms with van der Waals surface area (Å²) in [5.74, 6) is -1.30. The van der Waals surface area contributed by atoms with Crippen molar-refractivity contribution in [2.45, 2.75) is 39.3 Å². The van der Waals surface area contributed by atoms with Crippen molar-refractivity contribution in [3.63, 3.8) is 0 Å². The lowest BCUT2D eigenvalue weighted by molar-refractivity contribution is -0.145. The third-order valence-corrected chi connectivity index (χ3v) is 7.19. The van der Waals surface area contributed by atoms with Crippen LogP contribution in [0.2, 0.25) is 0 Å². The first-order valence-corrected chi connectivity index (χ1v) is 11.1. The summed E-state index contributed by atoms with van der Waals surface area (Å²) < 4.78 is 35.0. The largest absolute Gasteiger partial charge is 0.469 e. The molecular weight excluding hydrogens is 466 g/mol. The first-order chi connectivity index (χ1) is 14.7. The van der Waals surface area contributed by atoms with E-state index < -0.39 is 6.04 Å². The van der Waals surface area contributed by atoms with E-state index in [1.165, 1.54) is 25.3 Å². The van der Waals surface area contributed by atoms with Crippen LogP contribution in [0.15, 0.2) is 34.8 Å². The number of rotatable bonds is 4. The van der Waals surface area contributed by atoms with E-state index in [-0.39, 0.29) is 29.6 Å². The summed E-state index contributed by atoms with van der Waals surface area (Å²) in [6, 6.07) is 7.38. The number of hydrogen-bond donors (Lipinski definition) is 1. The topological polar surface area (TPSA) is 45.3 Å². The number of carbonyl (C=O) groups is 1. The fourth-order valence-electron chi connectivity index (χ4n) is 4.72. The second-order valence-corrected chi connectivity index (χ2v) is 9.21. The van der Waals surface area contributed by atoms with Gasteiger partial charge < -0.3 is 9.72 Å². The predicted molar refractivity (Wildman–Crippen MR) is 120 cm³/mol. The molecule has 0 saturated heterocycles. The first kappa shape index (κ1) is 22.0. The van der Waals surface area contributed by atoms with Gasteiger partial charge in [0.2, 0.25) is 0 Å². The van der Waals surface area contributed by atoms with E-state index in [2.05, 4.69) is 32.7 Å². The summed E-state index contributed by atoms with van der Waals surface area (Å²) in [5, 5.41) is 0.820. The van der Waals surface area contributed by atoms with Crippen molar-refractivity contribution < 1.29 is 18.3 Å². The Morgan fingerprint density at radius 1 is 1.32 bits per heavy atom. The number of carbonyl (C=O) groups excluding carboxylic acids is 1. The molecule has 0 saturated carbocycles. The summed E-state index contributed by atoms with van der Waals surface area (Å²) in [6.07, 6.45) is 0.665. The molecule has 4 rings (SSSR count). The van der Waals surface area contributed by atoms with Gasteiger partial charge in [-0.1, -0.05) is 22.9 Å². The maximum Gasteiger partial charge on any atom is 0.309 e. The minimum absolute atomic E-state index is 0.00431. The normalized spacial score (nSPS) is 20.0. The van der Waals surface area contributed by atoms with Crippen molar-refractivity contribution in [2.24, 2.45) is 5.92 Å². The molecule has 2 aromatic carbocycles. The lowest BCUT2D eigenvalue weighted by Gasteiger charge is -2.42. The number of hydrogen-bond acceptors (Lipinski definition) is 3. The van der Waals surface area contributed by atoms with Crippen LogP contribution in [0.5, 0.6) is 0 Å². The van der Waals surface area contributed by atoms with Gasteiger partial charge in [-0.2, -0.15) is 0 Å². The summed E-state index contributed by atoms with van der Waals surface area (Å²) in [5.41, 5.74) is 4.00. The van der Waals surface area contributed by atoms with Crippen molar-refractivity contribution in [1.82, 2.24) is 9.88 Å². The average Bonchev–Trinajstić information content (AvgIpc) is 3.09. The van der Waals surface area contributed by atoms with Crippen molar-refractivity contribution in [3.8, 4) is 0 Å². The Labute approximate surface area is 188 Å². The van der Waals surface area contributed by atoms with Gasteiger partial charge in [0.15, 0.2) is 0 Å². The number of aromatic nitrogens is 1. The van der Waals surface area contributed by atoms with Crippen LogP contribution < -0.4 is 0 Å². The fraction of sp³-hybridized carbons (Fsp3) is 0.375. The highest BCUT2D eigenvalue weighted by atomic mass is 79.9. The zero-order chi connectivity index (χ0) is 22.4. The number of H-pyrrole nitrogens is 1. The third-order valence-electron chi connectivity index (χ3n) is 6.33. The second kappa shape index (κ2) is 8.36. The van der Waals surface area contributed by atoms with E-state index in [1.807, 2.05) is 13.8 Å². The number of nitrogens with zero attached hydrogens (tertiary/aromatic N) is 1. The van der Waals surface area contributed by atoms with E-state index in [0.717, 1.165) is 32.2 Å². The molecule has 7 heteroatoms. The molecule has 1 aliphatic heterocycles. The van der Waals surface area contributed by atoms with Gasteiger partial charge in [-0.05, 0) is 61.7 Å². The average molecular weight is 491 g/mol. The van der Waals surface area contributed by atoms with Crippen LogP contribution in [-0.4, -0.2) is 35.5 Å². The molecule has 3 atom stereocenters. The lowest BCUT2D eigenvalue weighted by Crippen LogP contribution is -2.46. The molecule has 0 amide bonds. The highest BCUT2D eigenvalue weighted by molar-refractivity contribution is 9.10. The SMILES string of the molecule is COC(=O)[C@H](C)CN1[C@H](c2c(F)ccc(Br)c2C)c2[nH]c3ccc(F)cc3c2C[C@H]1C. The van der Waals surface area contributed by atoms with E-state index in [1.54, 1.807) is 12.1 Å². The van der Waals surface area contributed by atoms with Gasteiger partial charge in [0.1, 0.15) is 11.6 Å². The predicted octanol–water partition coefficient (Wildman–Crippen LogP) is 5.66. The van der Waals surface area contributed by atoms with Crippen LogP contribution in [0.3, 0.4) is 0 Å². The number of esters is 1. The highest BCUT2D eigenvalue weighted by Gasteiger charge is 2.39. The number of fused-ring (bicyclic) bond motifs is 3. The molecule has 0 radical (unpaired) electrons. The molecule has 1 N–H and O–H groups in total. The van der Waals surface area contributed by atoms with Gasteiger partial charge in [-0.3, -0.25) is 9.69 Å². The molecular formula is C24H25BrF2N2O2. The van der Waals surface area contributed by atoms with Crippen molar-refractivity contribution in [3.05, 3.63) is 68.8 Å². The monoisotopic (exact) mass is 490 g/mol. The highest BCUT2D eigenvalue weighted by Crippen LogP contribution is 2.44.